The molecule has 0 aliphatic rings. The number of nitrogens with zero attached hydrogens (tertiary/aromatic N) is 2. The second-order valence-corrected chi connectivity index (χ2v) is 8.47. The average molecular weight is 601 g/mol. The molecule has 0 aromatic carbocycles. The first kappa shape index (κ1) is 42.2. The van der Waals surface area contributed by atoms with Gasteiger partial charge in [0.05, 0.1) is 25.0 Å². The number of carboxylic acid groups (broad SMARTS) is 2. The maximum atomic E-state index is 11.1. The van der Waals surface area contributed by atoms with Crippen LogP contribution in [-0.4, -0.2) is 216 Å². The molecule has 0 amide bonds. The van der Waals surface area contributed by atoms with E-state index in [2.05, 4.69) is 9.47 Å². The number of esters is 2. The van der Waals surface area contributed by atoms with Gasteiger partial charge in [-0.15, -0.1) is 0 Å². The minimum atomic E-state index is -2.36. The van der Waals surface area contributed by atoms with E-state index in [9.17, 15) is 60.0 Å². The monoisotopic (exact) mass is 600 g/mol. The van der Waals surface area contributed by atoms with Crippen molar-refractivity contribution in [2.75, 3.05) is 54.5 Å². The number of carbonyl (C=O) groups excluding carboxylic acids is 4. The molecule has 0 radical (unpaired) electrons. The number of aliphatic hydroxyl groups excluding tert-OH is 8. The van der Waals surface area contributed by atoms with Crippen molar-refractivity contribution < 1.29 is 79.7 Å². The van der Waals surface area contributed by atoms with Gasteiger partial charge in [0.15, 0.2) is 0 Å². The predicted molar refractivity (Wildman–Crippen MR) is 123 cm³/mol. The van der Waals surface area contributed by atoms with Crippen molar-refractivity contribution in [2.45, 2.75) is 48.8 Å². The van der Waals surface area contributed by atoms with Crippen molar-refractivity contribution in [3.05, 3.63) is 0 Å². The molecule has 0 aromatic heterocycles. The molecular formula is C20H36CaN2O16. The van der Waals surface area contributed by atoms with E-state index in [4.69, 9.17) is 10.2 Å². The molecule has 0 heterocycles. The second-order valence-electron chi connectivity index (χ2n) is 8.47. The minimum absolute atomic E-state index is 0. The predicted octanol–water partition coefficient (Wildman–Crippen LogP) is -9.81. The number of aliphatic carboxylic acids is 2. The first-order valence-electron chi connectivity index (χ1n) is 10.8. The van der Waals surface area contributed by atoms with Crippen LogP contribution >= 0.6 is 0 Å². The van der Waals surface area contributed by atoms with Crippen molar-refractivity contribution in [2.24, 2.45) is 0 Å². The summed E-state index contributed by atoms with van der Waals surface area (Å²) in [5, 5.41) is 94.2. The fourth-order valence-corrected chi connectivity index (χ4v) is 2.27. The molecule has 18 nitrogen and oxygen atoms in total. The number of carbonyl (C=O) groups is 4. The number of carboxylic acids is 2. The Bertz CT molecular complexity index is 683. The Hall–Kier alpha value is -1.26. The van der Waals surface area contributed by atoms with E-state index in [1.165, 1.54) is 9.80 Å². The summed E-state index contributed by atoms with van der Waals surface area (Å²) in [6, 6.07) is 0. The number of rotatable bonds is 16. The van der Waals surface area contributed by atoms with Crippen LogP contribution in [0.3, 0.4) is 0 Å². The summed E-state index contributed by atoms with van der Waals surface area (Å²) in [5.41, 5.74) is 0. The van der Waals surface area contributed by atoms with Gasteiger partial charge in [-0.3, -0.25) is 19.4 Å². The molecule has 19 heteroatoms. The summed E-state index contributed by atoms with van der Waals surface area (Å²) in [6.45, 7) is -1.39. The number of hydrogen-bond donors (Lipinski definition) is 8. The van der Waals surface area contributed by atoms with Gasteiger partial charge in [0.2, 0.25) is 0 Å². The van der Waals surface area contributed by atoms with Gasteiger partial charge in [0.25, 0.3) is 0 Å². The number of ether oxygens (including phenoxy) is 2. The Morgan fingerprint density at radius 3 is 1.05 bits per heavy atom. The van der Waals surface area contributed by atoms with Crippen molar-refractivity contribution >= 4 is 61.6 Å². The van der Waals surface area contributed by atoms with Gasteiger partial charge in [0, 0.05) is 0 Å². The van der Waals surface area contributed by atoms with E-state index in [-0.39, 0.29) is 50.8 Å². The Morgan fingerprint density at radius 1 is 0.590 bits per heavy atom. The van der Waals surface area contributed by atoms with Crippen molar-refractivity contribution in [3.8, 4) is 0 Å². The SMILES string of the molecule is CN(C)CC(=O)OC[C@@H](O)[C@@H](O)[C@H](O)[C@@H](O)C(=O)[O-].CN(C)CC(=O)OC[C@@H](O)[C@@H](O)[C@H](O)[C@@H](O)C(=O)[O-].[Ca+2]. The van der Waals surface area contributed by atoms with Gasteiger partial charge >= 0.3 is 49.7 Å². The normalized spacial score (nSPS) is 17.2. The first-order valence-corrected chi connectivity index (χ1v) is 10.8. The van der Waals surface area contributed by atoms with E-state index in [0.717, 1.165) is 0 Å². The molecule has 0 fully saturated rings. The van der Waals surface area contributed by atoms with Gasteiger partial charge < -0.3 is 70.1 Å². The molecule has 0 saturated carbocycles. The Morgan fingerprint density at radius 2 is 0.846 bits per heavy atom. The second kappa shape index (κ2) is 21.5. The zero-order valence-corrected chi connectivity index (χ0v) is 24.1. The van der Waals surface area contributed by atoms with Crippen LogP contribution in [0.5, 0.6) is 0 Å². The number of hydrogen-bond acceptors (Lipinski definition) is 18. The van der Waals surface area contributed by atoms with Crippen molar-refractivity contribution in [3.63, 3.8) is 0 Å². The standard InChI is InChI=1S/2C10H19NO8.Ca/c2*1-11(2)3-6(13)19-4-5(12)7(14)8(15)9(16)10(17)18;/h2*5,7-9,12,14-16H,3-4H2,1-2H3,(H,17,18);/q;;+2/p-2/t2*5-,7-,8+,9-;/m11./s1. The van der Waals surface area contributed by atoms with Crippen LogP contribution in [0.4, 0.5) is 0 Å². The smallest absolute Gasteiger partial charge is 0.547 e. The van der Waals surface area contributed by atoms with E-state index >= 15 is 0 Å². The van der Waals surface area contributed by atoms with Gasteiger partial charge in [0.1, 0.15) is 62.0 Å². The summed E-state index contributed by atoms with van der Waals surface area (Å²) in [6.07, 6.45) is -16.5. The van der Waals surface area contributed by atoms with Gasteiger partial charge in [-0.25, -0.2) is 0 Å². The van der Waals surface area contributed by atoms with Crippen LogP contribution in [0.25, 0.3) is 0 Å². The van der Waals surface area contributed by atoms with Crippen molar-refractivity contribution in [1.82, 2.24) is 9.80 Å². The van der Waals surface area contributed by atoms with E-state index in [1.54, 1.807) is 28.2 Å². The molecule has 0 spiro atoms. The molecule has 224 valence electrons. The molecule has 0 bridgehead atoms. The van der Waals surface area contributed by atoms with Crippen LogP contribution in [0, 0.1) is 0 Å². The summed E-state index contributed by atoms with van der Waals surface area (Å²) in [5.74, 6) is -5.34. The Kier molecular flexibility index (Phi) is 23.2. The fraction of sp³-hybridized carbons (Fsp3) is 0.800. The van der Waals surface area contributed by atoms with Crippen LogP contribution in [0.2, 0.25) is 0 Å². The molecule has 0 rings (SSSR count). The zero-order chi connectivity index (χ0) is 30.3. The van der Waals surface area contributed by atoms with Crippen LogP contribution in [0.15, 0.2) is 0 Å². The minimum Gasteiger partial charge on any atom is -0.547 e. The fourth-order valence-electron chi connectivity index (χ4n) is 2.27. The molecular weight excluding hydrogens is 564 g/mol. The quantitative estimate of drug-likeness (QED) is 0.0602. The first-order chi connectivity index (χ1) is 17.3. The third kappa shape index (κ3) is 18.7. The maximum Gasteiger partial charge on any atom is 2.00 e. The van der Waals surface area contributed by atoms with Gasteiger partial charge in [-0.1, -0.05) is 0 Å². The van der Waals surface area contributed by atoms with Crippen LogP contribution in [-0.2, 0) is 28.7 Å². The van der Waals surface area contributed by atoms with E-state index in [0.29, 0.717) is 0 Å². The molecule has 0 aliphatic heterocycles. The average Bonchev–Trinajstić information content (AvgIpc) is 2.82. The molecule has 0 aliphatic carbocycles. The molecule has 8 N–H and O–H groups in total. The van der Waals surface area contributed by atoms with Crippen LogP contribution < -0.4 is 10.2 Å². The summed E-state index contributed by atoms with van der Waals surface area (Å²) in [4.78, 5) is 45.8. The Labute approximate surface area is 253 Å². The largest absolute Gasteiger partial charge is 2.00 e. The summed E-state index contributed by atoms with van der Waals surface area (Å²) < 4.78 is 9.16. The molecule has 8 atom stereocenters. The number of likely N-dealkylation sites (N-methyl/N-ethyl adjacent to an activating group) is 2. The number of aliphatic hydroxyl groups is 8. The zero-order valence-electron chi connectivity index (χ0n) is 21.9. The molecule has 0 aromatic rings. The Balaban J connectivity index is -0.000000648. The summed E-state index contributed by atoms with van der Waals surface area (Å²) >= 11 is 0. The van der Waals surface area contributed by atoms with Gasteiger partial charge in [-0.2, -0.15) is 0 Å². The topological polar surface area (TPSA) is 301 Å². The van der Waals surface area contributed by atoms with Crippen LogP contribution in [0.1, 0.15) is 0 Å². The molecule has 39 heavy (non-hydrogen) atoms. The third-order valence-electron chi connectivity index (χ3n) is 4.34. The van der Waals surface area contributed by atoms with Crippen molar-refractivity contribution in [1.29, 1.82) is 0 Å². The van der Waals surface area contributed by atoms with E-state index < -0.39 is 85.9 Å². The van der Waals surface area contributed by atoms with E-state index in [1.807, 2.05) is 0 Å². The summed E-state index contributed by atoms with van der Waals surface area (Å²) in [7, 11) is 6.47. The third-order valence-corrected chi connectivity index (χ3v) is 4.34. The molecule has 0 unspecified atom stereocenters. The van der Waals surface area contributed by atoms with Gasteiger partial charge in [-0.05, 0) is 28.2 Å². The molecule has 0 saturated heterocycles. The maximum absolute atomic E-state index is 11.1.